The molecule has 0 aliphatic rings. The van der Waals surface area contributed by atoms with Crippen LogP contribution < -0.4 is 14.8 Å². The van der Waals surface area contributed by atoms with Crippen molar-refractivity contribution in [3.63, 3.8) is 0 Å². The molecule has 0 unspecified atom stereocenters. The number of methoxy groups -OCH3 is 1. The normalized spacial score (nSPS) is 11.2. The highest BCUT2D eigenvalue weighted by Gasteiger charge is 2.20. The number of hydrogen-bond acceptors (Lipinski definition) is 4. The zero-order valence-electron chi connectivity index (χ0n) is 16.6. The minimum Gasteiger partial charge on any atom is -0.494 e. The second-order valence-corrected chi connectivity index (χ2v) is 8.75. The third-order valence-corrected chi connectivity index (χ3v) is 6.34. The lowest BCUT2D eigenvalue weighted by Crippen LogP contribution is -2.25. The fourth-order valence-corrected chi connectivity index (χ4v) is 4.35. The fraction of sp³-hybridized carbons (Fsp3) is 0.136. The first-order chi connectivity index (χ1) is 14.8. The van der Waals surface area contributed by atoms with E-state index in [0.29, 0.717) is 5.56 Å². The fourth-order valence-electron chi connectivity index (χ4n) is 2.81. The third kappa shape index (κ3) is 5.81. The van der Waals surface area contributed by atoms with Crippen LogP contribution in [0.1, 0.15) is 21.5 Å². The Labute approximate surface area is 185 Å². The Morgan fingerprint density at radius 2 is 1.74 bits per heavy atom. The number of carbonyl (C=O) groups excluding carboxylic acids is 1. The van der Waals surface area contributed by atoms with Crippen molar-refractivity contribution in [2.45, 2.75) is 18.0 Å². The molecule has 0 atom stereocenters. The molecule has 2 N–H and O–H groups in total. The topological polar surface area (TPSA) is 84.5 Å². The Hall–Kier alpha value is -2.94. The molecule has 0 saturated heterocycles. The molecule has 31 heavy (non-hydrogen) atoms. The number of benzene rings is 3. The van der Waals surface area contributed by atoms with E-state index in [4.69, 9.17) is 16.3 Å². The van der Waals surface area contributed by atoms with E-state index < -0.39 is 21.7 Å². The van der Waals surface area contributed by atoms with Crippen LogP contribution in [-0.2, 0) is 23.1 Å². The highest BCUT2D eigenvalue weighted by molar-refractivity contribution is 7.89. The minimum absolute atomic E-state index is 0.00524. The Morgan fingerprint density at radius 1 is 1.00 bits per heavy atom. The van der Waals surface area contributed by atoms with Gasteiger partial charge in [-0.05, 0) is 41.5 Å². The van der Waals surface area contributed by atoms with Crippen molar-refractivity contribution in [1.82, 2.24) is 10.0 Å². The maximum Gasteiger partial charge on any atom is 0.251 e. The summed E-state index contributed by atoms with van der Waals surface area (Å²) in [5.41, 5.74) is 1.42. The van der Waals surface area contributed by atoms with Gasteiger partial charge in [-0.2, -0.15) is 0 Å². The molecule has 3 aromatic carbocycles. The molecule has 6 nitrogen and oxygen atoms in total. The first-order valence-electron chi connectivity index (χ1n) is 9.24. The number of hydrogen-bond donors (Lipinski definition) is 2. The molecule has 0 spiro atoms. The van der Waals surface area contributed by atoms with Crippen LogP contribution in [0.4, 0.5) is 4.39 Å². The van der Waals surface area contributed by atoms with E-state index in [1.165, 1.54) is 37.4 Å². The lowest BCUT2D eigenvalue weighted by atomic mass is 10.2. The molecule has 0 aromatic heterocycles. The van der Waals surface area contributed by atoms with Crippen molar-refractivity contribution in [3.8, 4) is 5.75 Å². The number of amides is 1. The summed E-state index contributed by atoms with van der Waals surface area (Å²) in [4.78, 5) is 12.3. The van der Waals surface area contributed by atoms with Crippen LogP contribution in [0.3, 0.4) is 0 Å². The second-order valence-electron chi connectivity index (χ2n) is 6.61. The van der Waals surface area contributed by atoms with Crippen molar-refractivity contribution in [2.24, 2.45) is 0 Å². The van der Waals surface area contributed by atoms with Crippen LogP contribution in [0.15, 0.2) is 71.6 Å². The Bertz CT molecular complexity index is 1190. The minimum atomic E-state index is -3.95. The number of carbonyl (C=O) groups is 1. The molecule has 0 heterocycles. The summed E-state index contributed by atoms with van der Waals surface area (Å²) < 4.78 is 46.5. The highest BCUT2D eigenvalue weighted by atomic mass is 35.5. The van der Waals surface area contributed by atoms with Gasteiger partial charge in [-0.1, -0.05) is 48.0 Å². The van der Waals surface area contributed by atoms with E-state index in [1.54, 1.807) is 30.3 Å². The molecule has 3 aromatic rings. The van der Waals surface area contributed by atoms with Gasteiger partial charge in [-0.15, -0.1) is 0 Å². The van der Waals surface area contributed by atoms with Gasteiger partial charge in [0, 0.05) is 18.7 Å². The van der Waals surface area contributed by atoms with Crippen LogP contribution in [0.5, 0.6) is 5.75 Å². The van der Waals surface area contributed by atoms with E-state index in [1.807, 2.05) is 6.07 Å². The molecule has 0 aliphatic carbocycles. The van der Waals surface area contributed by atoms with Gasteiger partial charge in [0.25, 0.3) is 5.91 Å². The van der Waals surface area contributed by atoms with Crippen molar-refractivity contribution in [3.05, 3.63) is 94.3 Å². The van der Waals surface area contributed by atoms with E-state index in [-0.39, 0.29) is 34.3 Å². The van der Waals surface area contributed by atoms with Gasteiger partial charge < -0.3 is 10.1 Å². The molecule has 0 radical (unpaired) electrons. The lowest BCUT2D eigenvalue weighted by Gasteiger charge is -2.11. The maximum atomic E-state index is 13.8. The summed E-state index contributed by atoms with van der Waals surface area (Å²) >= 11 is 6.08. The predicted octanol–water partition coefficient (Wildman–Crippen LogP) is 3.90. The van der Waals surface area contributed by atoms with Gasteiger partial charge in [0.05, 0.1) is 12.1 Å². The molecular weight excluding hydrogens is 443 g/mol. The van der Waals surface area contributed by atoms with Crippen LogP contribution in [-0.4, -0.2) is 21.4 Å². The van der Waals surface area contributed by atoms with Gasteiger partial charge in [0.1, 0.15) is 4.90 Å². The molecule has 0 aliphatic heterocycles. The summed E-state index contributed by atoms with van der Waals surface area (Å²) in [6.07, 6.45) is 0. The molecule has 3 rings (SSSR count). The van der Waals surface area contributed by atoms with E-state index in [0.717, 1.165) is 5.56 Å². The van der Waals surface area contributed by atoms with Gasteiger partial charge in [-0.3, -0.25) is 4.79 Å². The predicted molar refractivity (Wildman–Crippen MR) is 116 cm³/mol. The third-order valence-electron chi connectivity index (χ3n) is 4.46. The van der Waals surface area contributed by atoms with Crippen molar-refractivity contribution >= 4 is 27.5 Å². The van der Waals surface area contributed by atoms with E-state index >= 15 is 0 Å². The number of nitrogens with one attached hydrogen (secondary N) is 2. The summed E-state index contributed by atoms with van der Waals surface area (Å²) in [6, 6.07) is 17.3. The maximum absolute atomic E-state index is 13.8. The van der Waals surface area contributed by atoms with Gasteiger partial charge in [-0.25, -0.2) is 17.5 Å². The zero-order chi connectivity index (χ0) is 22.4. The molecule has 0 bridgehead atoms. The molecule has 0 fully saturated rings. The van der Waals surface area contributed by atoms with Gasteiger partial charge in [0.15, 0.2) is 11.6 Å². The summed E-state index contributed by atoms with van der Waals surface area (Å²) in [5, 5.41) is 2.63. The molecule has 1 amide bonds. The Balaban J connectivity index is 1.72. The average Bonchev–Trinajstić information content (AvgIpc) is 2.77. The highest BCUT2D eigenvalue weighted by Crippen LogP contribution is 2.23. The number of rotatable bonds is 8. The van der Waals surface area contributed by atoms with Crippen LogP contribution in [0.25, 0.3) is 0 Å². The van der Waals surface area contributed by atoms with Gasteiger partial charge in [0.2, 0.25) is 10.0 Å². The number of halogens is 2. The smallest absolute Gasteiger partial charge is 0.251 e. The lowest BCUT2D eigenvalue weighted by molar-refractivity contribution is 0.0950. The molecule has 162 valence electrons. The van der Waals surface area contributed by atoms with E-state index in [2.05, 4.69) is 10.0 Å². The zero-order valence-corrected chi connectivity index (χ0v) is 18.1. The summed E-state index contributed by atoms with van der Waals surface area (Å²) in [6.45, 7) is 0.135. The standard InChI is InChI=1S/C22H20ClFN2O4S/c1-30-20-10-7-16(11-19(20)24)13-25-22(27)17-8-9-18(23)21(12-17)31(28,29)26-14-15-5-3-2-4-6-15/h2-12,26H,13-14H2,1H3,(H,25,27). The Morgan fingerprint density at radius 3 is 2.42 bits per heavy atom. The number of sulfonamides is 1. The molecule has 0 saturated carbocycles. The first kappa shape index (κ1) is 22.7. The second kappa shape index (κ2) is 9.91. The summed E-state index contributed by atoms with van der Waals surface area (Å²) in [7, 11) is -2.59. The first-order valence-corrected chi connectivity index (χ1v) is 11.1. The molecule has 9 heteroatoms. The van der Waals surface area contributed by atoms with Crippen molar-refractivity contribution < 1.29 is 22.3 Å². The monoisotopic (exact) mass is 462 g/mol. The SMILES string of the molecule is COc1ccc(CNC(=O)c2ccc(Cl)c(S(=O)(=O)NCc3ccccc3)c2)cc1F. The largest absolute Gasteiger partial charge is 0.494 e. The van der Waals surface area contributed by atoms with Crippen LogP contribution in [0.2, 0.25) is 5.02 Å². The molecular formula is C22H20ClFN2O4S. The Kier molecular flexibility index (Phi) is 7.27. The van der Waals surface area contributed by atoms with Gasteiger partial charge >= 0.3 is 0 Å². The van der Waals surface area contributed by atoms with Crippen molar-refractivity contribution in [1.29, 1.82) is 0 Å². The van der Waals surface area contributed by atoms with Crippen molar-refractivity contribution in [2.75, 3.05) is 7.11 Å². The quantitative estimate of drug-likeness (QED) is 0.531. The number of ether oxygens (including phenoxy) is 1. The van der Waals surface area contributed by atoms with Crippen LogP contribution >= 0.6 is 11.6 Å². The van der Waals surface area contributed by atoms with Crippen LogP contribution in [0, 0.1) is 5.82 Å². The summed E-state index contributed by atoms with van der Waals surface area (Å²) in [5.74, 6) is -0.961. The average molecular weight is 463 g/mol. The van der Waals surface area contributed by atoms with E-state index in [9.17, 15) is 17.6 Å².